The zero-order chi connectivity index (χ0) is 13.8. The zero-order valence-corrected chi connectivity index (χ0v) is 11.3. The second-order valence-corrected chi connectivity index (χ2v) is 4.82. The molecule has 0 aliphatic rings. The van der Waals surface area contributed by atoms with Gasteiger partial charge in [0.05, 0.1) is 6.04 Å². The molecule has 2 aromatic rings. The Kier molecular flexibility index (Phi) is 3.94. The summed E-state index contributed by atoms with van der Waals surface area (Å²) in [5.41, 5.74) is 0.964. The highest BCUT2D eigenvalue weighted by atomic mass is 16.1. The number of nitrogens with one attached hydrogen (secondary N) is 2. The van der Waals surface area contributed by atoms with E-state index in [1.807, 2.05) is 32.9 Å². The van der Waals surface area contributed by atoms with Crippen LogP contribution in [0.4, 0.5) is 5.82 Å². The molecule has 0 spiro atoms. The predicted octanol–water partition coefficient (Wildman–Crippen LogP) is 2.46. The molecular formula is C14H18N4O. The van der Waals surface area contributed by atoms with Gasteiger partial charge < -0.3 is 10.3 Å². The Bertz CT molecular complexity index is 592. The molecule has 1 atom stereocenters. The molecule has 2 heterocycles. The van der Waals surface area contributed by atoms with E-state index < -0.39 is 0 Å². The van der Waals surface area contributed by atoms with Crippen LogP contribution in [0.3, 0.4) is 0 Å². The van der Waals surface area contributed by atoms with Crippen LogP contribution in [0.5, 0.6) is 0 Å². The molecule has 2 aromatic heterocycles. The molecule has 2 N–H and O–H groups in total. The zero-order valence-electron chi connectivity index (χ0n) is 11.3. The van der Waals surface area contributed by atoms with E-state index in [2.05, 4.69) is 20.3 Å². The Morgan fingerprint density at radius 3 is 2.53 bits per heavy atom. The molecule has 0 aliphatic carbocycles. The van der Waals surface area contributed by atoms with Crippen LogP contribution in [0.2, 0.25) is 0 Å². The van der Waals surface area contributed by atoms with Gasteiger partial charge in [0.15, 0.2) is 0 Å². The molecule has 100 valence electrons. The molecule has 1 unspecified atom stereocenters. The van der Waals surface area contributed by atoms with Crippen LogP contribution in [0, 0.1) is 0 Å². The van der Waals surface area contributed by atoms with Crippen molar-refractivity contribution in [3.8, 4) is 0 Å². The molecule has 5 heteroatoms. The summed E-state index contributed by atoms with van der Waals surface area (Å²) in [5, 5.41) is 3.24. The monoisotopic (exact) mass is 258 g/mol. The largest absolute Gasteiger partial charge is 0.363 e. The quantitative estimate of drug-likeness (QED) is 0.883. The summed E-state index contributed by atoms with van der Waals surface area (Å²) in [6, 6.07) is 5.42. The summed E-state index contributed by atoms with van der Waals surface area (Å²) < 4.78 is 0. The lowest BCUT2D eigenvalue weighted by atomic mass is 10.1. The maximum Gasteiger partial charge on any atom is 0.252 e. The van der Waals surface area contributed by atoms with Gasteiger partial charge in [-0.15, -0.1) is 0 Å². The maximum atomic E-state index is 11.6. The lowest BCUT2D eigenvalue weighted by Gasteiger charge is -2.15. The van der Waals surface area contributed by atoms with Gasteiger partial charge in [0.1, 0.15) is 11.6 Å². The summed E-state index contributed by atoms with van der Waals surface area (Å²) in [5.74, 6) is 1.47. The molecular weight excluding hydrogens is 240 g/mol. The van der Waals surface area contributed by atoms with E-state index in [4.69, 9.17) is 0 Å². The summed E-state index contributed by atoms with van der Waals surface area (Å²) in [6.45, 7) is 6.01. The second-order valence-electron chi connectivity index (χ2n) is 4.82. The van der Waals surface area contributed by atoms with Crippen molar-refractivity contribution in [2.24, 2.45) is 0 Å². The molecule has 19 heavy (non-hydrogen) atoms. The van der Waals surface area contributed by atoms with E-state index in [0.717, 1.165) is 5.56 Å². The van der Waals surface area contributed by atoms with Gasteiger partial charge in [-0.1, -0.05) is 13.8 Å². The number of nitrogens with zero attached hydrogens (tertiary/aromatic N) is 2. The van der Waals surface area contributed by atoms with Crippen LogP contribution in [-0.4, -0.2) is 15.0 Å². The SMILES string of the molecule is CC(C)c1nc(NC(C)c2ccncc2)cc(=O)[nH]1. The average molecular weight is 258 g/mol. The fourth-order valence-electron chi connectivity index (χ4n) is 1.78. The Balaban J connectivity index is 2.22. The van der Waals surface area contributed by atoms with Gasteiger partial charge in [0.25, 0.3) is 5.56 Å². The first-order valence-corrected chi connectivity index (χ1v) is 6.34. The van der Waals surface area contributed by atoms with E-state index >= 15 is 0 Å². The molecule has 0 bridgehead atoms. The van der Waals surface area contributed by atoms with E-state index in [9.17, 15) is 4.79 Å². The predicted molar refractivity (Wildman–Crippen MR) is 75.2 cm³/mol. The topological polar surface area (TPSA) is 70.7 Å². The normalized spacial score (nSPS) is 12.4. The van der Waals surface area contributed by atoms with Gasteiger partial charge in [0.2, 0.25) is 0 Å². The number of rotatable bonds is 4. The number of anilines is 1. The van der Waals surface area contributed by atoms with E-state index in [0.29, 0.717) is 11.6 Å². The summed E-state index contributed by atoms with van der Waals surface area (Å²) in [7, 11) is 0. The highest BCUT2D eigenvalue weighted by molar-refractivity contribution is 5.37. The number of pyridine rings is 1. The van der Waals surface area contributed by atoms with Gasteiger partial charge in [0, 0.05) is 24.4 Å². The van der Waals surface area contributed by atoms with E-state index in [1.165, 1.54) is 6.07 Å². The molecule has 0 aliphatic heterocycles. The minimum Gasteiger partial charge on any atom is -0.363 e. The van der Waals surface area contributed by atoms with Crippen LogP contribution in [0.1, 0.15) is 44.1 Å². The smallest absolute Gasteiger partial charge is 0.252 e. The van der Waals surface area contributed by atoms with E-state index in [1.54, 1.807) is 12.4 Å². The Morgan fingerprint density at radius 1 is 1.21 bits per heavy atom. The van der Waals surface area contributed by atoms with Gasteiger partial charge >= 0.3 is 0 Å². The van der Waals surface area contributed by atoms with Crippen molar-refractivity contribution in [2.75, 3.05) is 5.32 Å². The summed E-state index contributed by atoms with van der Waals surface area (Å²) >= 11 is 0. The average Bonchev–Trinajstić information content (AvgIpc) is 2.39. The fourth-order valence-corrected chi connectivity index (χ4v) is 1.78. The molecule has 2 rings (SSSR count). The molecule has 0 fully saturated rings. The Labute approximate surface area is 112 Å². The highest BCUT2D eigenvalue weighted by Crippen LogP contribution is 2.17. The van der Waals surface area contributed by atoms with E-state index in [-0.39, 0.29) is 17.5 Å². The lowest BCUT2D eigenvalue weighted by molar-refractivity contribution is 0.760. The summed E-state index contributed by atoms with van der Waals surface area (Å²) in [6.07, 6.45) is 3.50. The van der Waals surface area contributed by atoms with Gasteiger partial charge in [-0.05, 0) is 24.6 Å². The lowest BCUT2D eigenvalue weighted by Crippen LogP contribution is -2.16. The third-order valence-electron chi connectivity index (χ3n) is 2.88. The minimum atomic E-state index is -0.136. The van der Waals surface area contributed by atoms with Gasteiger partial charge in [-0.3, -0.25) is 9.78 Å². The van der Waals surface area contributed by atoms with Crippen molar-refractivity contribution in [2.45, 2.75) is 32.7 Å². The molecule has 0 saturated heterocycles. The number of hydrogen-bond acceptors (Lipinski definition) is 4. The standard InChI is InChI=1S/C14H18N4O/c1-9(2)14-17-12(8-13(19)18-14)16-10(3)11-4-6-15-7-5-11/h4-10H,1-3H3,(H2,16,17,18,19). The van der Waals surface area contributed by atoms with Crippen LogP contribution >= 0.6 is 0 Å². The number of aromatic amines is 1. The van der Waals surface area contributed by atoms with Crippen LogP contribution < -0.4 is 10.9 Å². The molecule has 0 radical (unpaired) electrons. The maximum absolute atomic E-state index is 11.6. The first-order chi connectivity index (χ1) is 9.06. The van der Waals surface area contributed by atoms with Crippen LogP contribution in [-0.2, 0) is 0 Å². The molecule has 0 amide bonds. The molecule has 0 aromatic carbocycles. The van der Waals surface area contributed by atoms with Crippen LogP contribution in [0.15, 0.2) is 35.4 Å². The number of H-pyrrole nitrogens is 1. The number of aromatic nitrogens is 3. The van der Waals surface area contributed by atoms with Crippen LogP contribution in [0.25, 0.3) is 0 Å². The van der Waals surface area contributed by atoms with Crippen molar-refractivity contribution in [1.82, 2.24) is 15.0 Å². The van der Waals surface area contributed by atoms with Crippen molar-refractivity contribution in [3.63, 3.8) is 0 Å². The Morgan fingerprint density at radius 2 is 1.89 bits per heavy atom. The fraction of sp³-hybridized carbons (Fsp3) is 0.357. The van der Waals surface area contributed by atoms with Gasteiger partial charge in [-0.25, -0.2) is 4.98 Å². The first kappa shape index (κ1) is 13.3. The molecule has 5 nitrogen and oxygen atoms in total. The van der Waals surface area contributed by atoms with Crippen molar-refractivity contribution in [1.29, 1.82) is 0 Å². The van der Waals surface area contributed by atoms with Crippen molar-refractivity contribution >= 4 is 5.82 Å². The molecule has 0 saturated carbocycles. The van der Waals surface area contributed by atoms with Gasteiger partial charge in [-0.2, -0.15) is 0 Å². The first-order valence-electron chi connectivity index (χ1n) is 6.34. The third kappa shape index (κ3) is 3.40. The Hall–Kier alpha value is -2.17. The highest BCUT2D eigenvalue weighted by Gasteiger charge is 2.09. The minimum absolute atomic E-state index is 0.0670. The van der Waals surface area contributed by atoms with Crippen molar-refractivity contribution in [3.05, 3.63) is 52.3 Å². The van der Waals surface area contributed by atoms with Crippen molar-refractivity contribution < 1.29 is 0 Å². The second kappa shape index (κ2) is 5.65. The number of hydrogen-bond donors (Lipinski definition) is 2. The summed E-state index contributed by atoms with van der Waals surface area (Å²) in [4.78, 5) is 22.7. The third-order valence-corrected chi connectivity index (χ3v) is 2.88.